The van der Waals surface area contributed by atoms with E-state index in [0.717, 1.165) is 5.69 Å². The van der Waals surface area contributed by atoms with Crippen LogP contribution in [0.2, 0.25) is 0 Å². The molecule has 12 heavy (non-hydrogen) atoms. The van der Waals surface area contributed by atoms with Crippen LogP contribution in [0.4, 0.5) is 4.39 Å². The third kappa shape index (κ3) is 2.86. The van der Waals surface area contributed by atoms with Crippen LogP contribution in [0.15, 0.2) is 18.3 Å². The second-order valence-electron chi connectivity index (χ2n) is 2.53. The van der Waals surface area contributed by atoms with Gasteiger partial charge >= 0.3 is 0 Å². The lowest BCUT2D eigenvalue weighted by atomic mass is 10.4. The number of pyridine rings is 1. The van der Waals surface area contributed by atoms with E-state index in [-0.39, 0.29) is 6.67 Å². The Hall–Kier alpha value is -1.12. The van der Waals surface area contributed by atoms with Gasteiger partial charge < -0.3 is 4.74 Å². The van der Waals surface area contributed by atoms with Crippen molar-refractivity contribution in [2.45, 2.75) is 13.3 Å². The van der Waals surface area contributed by atoms with E-state index < -0.39 is 0 Å². The zero-order chi connectivity index (χ0) is 8.81. The van der Waals surface area contributed by atoms with Crippen LogP contribution in [0.25, 0.3) is 0 Å². The monoisotopic (exact) mass is 169 g/mol. The van der Waals surface area contributed by atoms with Gasteiger partial charge in [0.25, 0.3) is 0 Å². The van der Waals surface area contributed by atoms with Crippen molar-refractivity contribution in [3.8, 4) is 5.75 Å². The molecule has 0 saturated carbocycles. The predicted octanol–water partition coefficient (Wildman–Crippen LogP) is 2.13. The van der Waals surface area contributed by atoms with Gasteiger partial charge in [-0.25, -0.2) is 0 Å². The Morgan fingerprint density at radius 1 is 1.50 bits per heavy atom. The summed E-state index contributed by atoms with van der Waals surface area (Å²) in [6.07, 6.45) is 2.08. The van der Waals surface area contributed by atoms with E-state index in [0.29, 0.717) is 18.8 Å². The quantitative estimate of drug-likeness (QED) is 0.644. The molecule has 3 heteroatoms. The van der Waals surface area contributed by atoms with E-state index in [4.69, 9.17) is 4.74 Å². The standard InChI is InChI=1S/C9H12FNO/c1-8-3-4-9(7-11-8)12-6-2-5-10/h3-4,7H,2,5-6H2,1H3. The third-order valence-corrected chi connectivity index (χ3v) is 1.43. The summed E-state index contributed by atoms with van der Waals surface area (Å²) in [4.78, 5) is 4.04. The average Bonchev–Trinajstić information content (AvgIpc) is 2.09. The summed E-state index contributed by atoms with van der Waals surface area (Å²) in [6.45, 7) is 1.99. The van der Waals surface area contributed by atoms with Gasteiger partial charge in [-0.05, 0) is 19.1 Å². The number of aryl methyl sites for hydroxylation is 1. The van der Waals surface area contributed by atoms with Crippen molar-refractivity contribution in [3.05, 3.63) is 24.0 Å². The molecule has 0 aromatic carbocycles. The van der Waals surface area contributed by atoms with Crippen LogP contribution >= 0.6 is 0 Å². The number of halogens is 1. The summed E-state index contributed by atoms with van der Waals surface area (Å²) in [5.74, 6) is 0.703. The summed E-state index contributed by atoms with van der Waals surface area (Å²) in [5, 5.41) is 0. The highest BCUT2D eigenvalue weighted by Crippen LogP contribution is 2.08. The Bertz CT molecular complexity index is 222. The van der Waals surface area contributed by atoms with Crippen LogP contribution < -0.4 is 4.74 Å². The molecular weight excluding hydrogens is 157 g/mol. The topological polar surface area (TPSA) is 22.1 Å². The van der Waals surface area contributed by atoms with Gasteiger partial charge in [0.15, 0.2) is 0 Å². The summed E-state index contributed by atoms with van der Waals surface area (Å²) >= 11 is 0. The van der Waals surface area contributed by atoms with E-state index in [1.165, 1.54) is 0 Å². The Morgan fingerprint density at radius 3 is 2.92 bits per heavy atom. The summed E-state index contributed by atoms with van der Waals surface area (Å²) in [7, 11) is 0. The number of alkyl halides is 1. The predicted molar refractivity (Wildman–Crippen MR) is 45.1 cm³/mol. The first-order valence-corrected chi connectivity index (χ1v) is 3.94. The molecule has 2 nitrogen and oxygen atoms in total. The van der Waals surface area contributed by atoms with Gasteiger partial charge in [-0.2, -0.15) is 0 Å². The molecule has 0 aliphatic rings. The average molecular weight is 169 g/mol. The van der Waals surface area contributed by atoms with Crippen molar-refractivity contribution in [3.63, 3.8) is 0 Å². The van der Waals surface area contributed by atoms with Crippen molar-refractivity contribution in [1.82, 2.24) is 4.98 Å². The fourth-order valence-corrected chi connectivity index (χ4v) is 0.784. The first-order valence-electron chi connectivity index (χ1n) is 3.94. The highest BCUT2D eigenvalue weighted by molar-refractivity contribution is 5.18. The molecule has 0 radical (unpaired) electrons. The number of rotatable bonds is 4. The van der Waals surface area contributed by atoms with E-state index >= 15 is 0 Å². The lowest BCUT2D eigenvalue weighted by Gasteiger charge is -2.03. The Kier molecular flexibility index (Phi) is 3.51. The van der Waals surface area contributed by atoms with Crippen LogP contribution in [-0.4, -0.2) is 18.3 Å². The normalized spacial score (nSPS) is 9.83. The molecule has 1 heterocycles. The number of ether oxygens (including phenoxy) is 1. The van der Waals surface area contributed by atoms with Crippen LogP contribution in [0.3, 0.4) is 0 Å². The zero-order valence-electron chi connectivity index (χ0n) is 7.09. The zero-order valence-corrected chi connectivity index (χ0v) is 7.09. The van der Waals surface area contributed by atoms with Crippen LogP contribution in [0, 0.1) is 6.92 Å². The highest BCUT2D eigenvalue weighted by Gasteiger charge is 1.92. The van der Waals surface area contributed by atoms with Gasteiger partial charge in [0.05, 0.1) is 19.5 Å². The fourth-order valence-electron chi connectivity index (χ4n) is 0.784. The fraction of sp³-hybridized carbons (Fsp3) is 0.444. The highest BCUT2D eigenvalue weighted by atomic mass is 19.1. The maximum absolute atomic E-state index is 11.7. The lowest BCUT2D eigenvalue weighted by molar-refractivity contribution is 0.288. The molecule has 66 valence electrons. The second-order valence-corrected chi connectivity index (χ2v) is 2.53. The molecule has 0 aliphatic carbocycles. The molecule has 0 saturated heterocycles. The van der Waals surface area contributed by atoms with Crippen molar-refractivity contribution < 1.29 is 9.13 Å². The van der Waals surface area contributed by atoms with Gasteiger partial charge in [0.2, 0.25) is 0 Å². The van der Waals surface area contributed by atoms with Crippen molar-refractivity contribution >= 4 is 0 Å². The van der Waals surface area contributed by atoms with E-state index in [1.807, 2.05) is 19.1 Å². The molecule has 0 N–H and O–H groups in total. The van der Waals surface area contributed by atoms with Crippen LogP contribution in [-0.2, 0) is 0 Å². The Morgan fingerprint density at radius 2 is 2.33 bits per heavy atom. The van der Waals surface area contributed by atoms with E-state index in [9.17, 15) is 4.39 Å². The molecule has 0 aliphatic heterocycles. The summed E-state index contributed by atoms with van der Waals surface area (Å²) < 4.78 is 16.9. The van der Waals surface area contributed by atoms with Crippen molar-refractivity contribution in [1.29, 1.82) is 0 Å². The minimum absolute atomic E-state index is 0.334. The molecule has 0 atom stereocenters. The Labute approximate surface area is 71.4 Å². The van der Waals surface area contributed by atoms with Gasteiger partial charge in [0, 0.05) is 12.1 Å². The number of nitrogens with zero attached hydrogens (tertiary/aromatic N) is 1. The van der Waals surface area contributed by atoms with Gasteiger partial charge in [0.1, 0.15) is 5.75 Å². The smallest absolute Gasteiger partial charge is 0.137 e. The SMILES string of the molecule is Cc1ccc(OCCCF)cn1. The Balaban J connectivity index is 2.37. The second kappa shape index (κ2) is 4.70. The maximum atomic E-state index is 11.7. The van der Waals surface area contributed by atoms with Gasteiger partial charge in [-0.3, -0.25) is 9.37 Å². The maximum Gasteiger partial charge on any atom is 0.137 e. The largest absolute Gasteiger partial charge is 0.492 e. The summed E-state index contributed by atoms with van der Waals surface area (Å²) in [5.41, 5.74) is 0.952. The number of hydrogen-bond donors (Lipinski definition) is 0. The van der Waals surface area contributed by atoms with Crippen LogP contribution in [0.1, 0.15) is 12.1 Å². The molecule has 0 amide bonds. The molecule has 0 spiro atoms. The van der Waals surface area contributed by atoms with Gasteiger partial charge in [-0.15, -0.1) is 0 Å². The first kappa shape index (κ1) is 8.97. The number of hydrogen-bond acceptors (Lipinski definition) is 2. The molecule has 0 fully saturated rings. The van der Waals surface area contributed by atoms with Gasteiger partial charge in [-0.1, -0.05) is 0 Å². The molecule has 1 rings (SSSR count). The van der Waals surface area contributed by atoms with E-state index in [1.54, 1.807) is 6.20 Å². The van der Waals surface area contributed by atoms with Crippen LogP contribution in [0.5, 0.6) is 5.75 Å². The third-order valence-electron chi connectivity index (χ3n) is 1.43. The lowest BCUT2D eigenvalue weighted by Crippen LogP contribution is -1.98. The molecular formula is C9H12FNO. The minimum Gasteiger partial charge on any atom is -0.492 e. The molecule has 0 bridgehead atoms. The molecule has 0 unspecified atom stereocenters. The van der Waals surface area contributed by atoms with E-state index in [2.05, 4.69) is 4.98 Å². The minimum atomic E-state index is -0.334. The first-order chi connectivity index (χ1) is 5.83. The molecule has 1 aromatic heterocycles. The van der Waals surface area contributed by atoms with Crippen molar-refractivity contribution in [2.75, 3.05) is 13.3 Å². The van der Waals surface area contributed by atoms with Crippen molar-refractivity contribution in [2.24, 2.45) is 0 Å². The molecule has 1 aromatic rings. The summed E-state index contributed by atoms with van der Waals surface area (Å²) in [6, 6.07) is 3.70. The number of aromatic nitrogens is 1.